The molecule has 0 aliphatic heterocycles. The second kappa shape index (κ2) is 6.84. The second-order valence-electron chi connectivity index (χ2n) is 4.45. The summed E-state index contributed by atoms with van der Waals surface area (Å²) in [6.07, 6.45) is 7.01. The van der Waals surface area contributed by atoms with Gasteiger partial charge in [-0.15, -0.1) is 0 Å². The maximum Gasteiger partial charge on any atom is 0.0159 e. The first-order chi connectivity index (χ1) is 6.81. The van der Waals surface area contributed by atoms with Gasteiger partial charge < -0.3 is 0 Å². The van der Waals surface area contributed by atoms with Crippen molar-refractivity contribution in [1.29, 1.82) is 0 Å². The molecular formula is C12H24BrN. The molecular weight excluding hydrogens is 238 g/mol. The predicted molar refractivity (Wildman–Crippen MR) is 67.1 cm³/mol. The van der Waals surface area contributed by atoms with Gasteiger partial charge in [-0.1, -0.05) is 36.2 Å². The summed E-state index contributed by atoms with van der Waals surface area (Å²) in [5.74, 6) is 1.01. The summed E-state index contributed by atoms with van der Waals surface area (Å²) in [5, 5.41) is 1.12. The Hall–Kier alpha value is 0.440. The van der Waals surface area contributed by atoms with Crippen LogP contribution in [0.4, 0.5) is 0 Å². The van der Waals surface area contributed by atoms with Crippen LogP contribution in [0.2, 0.25) is 0 Å². The number of alkyl halides is 1. The lowest BCUT2D eigenvalue weighted by molar-refractivity contribution is 0.134. The van der Waals surface area contributed by atoms with Crippen LogP contribution in [0.1, 0.15) is 46.0 Å². The molecule has 1 fully saturated rings. The van der Waals surface area contributed by atoms with Crippen molar-refractivity contribution in [2.45, 2.75) is 52.0 Å². The van der Waals surface area contributed by atoms with Gasteiger partial charge >= 0.3 is 0 Å². The molecule has 0 spiro atoms. The maximum absolute atomic E-state index is 3.56. The summed E-state index contributed by atoms with van der Waals surface area (Å²) < 4.78 is 0. The number of hydrogen-bond acceptors (Lipinski definition) is 1. The van der Waals surface area contributed by atoms with Crippen LogP contribution in [-0.4, -0.2) is 29.4 Å². The fourth-order valence-electron chi connectivity index (χ4n) is 2.34. The van der Waals surface area contributed by atoms with Crippen LogP contribution in [0.25, 0.3) is 0 Å². The molecule has 0 bridgehead atoms. The van der Waals surface area contributed by atoms with Crippen LogP contribution in [0.15, 0.2) is 0 Å². The Morgan fingerprint density at radius 3 is 2.29 bits per heavy atom. The molecule has 1 rings (SSSR count). The highest BCUT2D eigenvalue weighted by Gasteiger charge is 2.23. The molecule has 1 aliphatic carbocycles. The molecule has 0 atom stereocenters. The van der Waals surface area contributed by atoms with Crippen molar-refractivity contribution in [3.63, 3.8) is 0 Å². The van der Waals surface area contributed by atoms with Crippen molar-refractivity contribution in [2.75, 3.05) is 18.4 Å². The van der Waals surface area contributed by atoms with Gasteiger partial charge in [0.25, 0.3) is 0 Å². The third kappa shape index (κ3) is 3.54. The van der Waals surface area contributed by atoms with Gasteiger partial charge in [-0.05, 0) is 31.6 Å². The Morgan fingerprint density at radius 2 is 1.93 bits per heavy atom. The molecule has 1 aliphatic rings. The van der Waals surface area contributed by atoms with E-state index >= 15 is 0 Å². The molecule has 1 nitrogen and oxygen atoms in total. The maximum atomic E-state index is 3.56. The van der Waals surface area contributed by atoms with E-state index in [2.05, 4.69) is 34.7 Å². The summed E-state index contributed by atoms with van der Waals surface area (Å²) in [7, 11) is 0. The fraction of sp³-hybridized carbons (Fsp3) is 1.00. The molecule has 0 aromatic rings. The lowest BCUT2D eigenvalue weighted by Crippen LogP contribution is -2.40. The summed E-state index contributed by atoms with van der Waals surface area (Å²) in [6.45, 7) is 7.20. The van der Waals surface area contributed by atoms with Gasteiger partial charge in [-0.25, -0.2) is 0 Å². The highest BCUT2D eigenvalue weighted by Crippen LogP contribution is 2.28. The zero-order valence-corrected chi connectivity index (χ0v) is 11.2. The van der Waals surface area contributed by atoms with Gasteiger partial charge in [0.15, 0.2) is 0 Å². The predicted octanol–water partition coefficient (Wildman–Crippen LogP) is 3.67. The van der Waals surface area contributed by atoms with E-state index in [4.69, 9.17) is 0 Å². The van der Waals surface area contributed by atoms with Crippen molar-refractivity contribution in [3.05, 3.63) is 0 Å². The molecule has 0 amide bonds. The van der Waals surface area contributed by atoms with E-state index in [0.717, 1.165) is 17.3 Å². The zero-order chi connectivity index (χ0) is 10.4. The Bertz CT molecular complexity index is 141. The first-order valence-corrected chi connectivity index (χ1v) is 7.23. The largest absolute Gasteiger partial charge is 0.299 e. The number of hydrogen-bond donors (Lipinski definition) is 0. The minimum atomic E-state index is 0.813. The van der Waals surface area contributed by atoms with Gasteiger partial charge in [0, 0.05) is 24.5 Å². The molecule has 0 aromatic heterocycles. The standard InChI is InChI=1S/C12H24BrN/c1-3-12(4-2)14(9-8-13)10-11-6-5-7-11/h11-12H,3-10H2,1-2H3. The van der Waals surface area contributed by atoms with Gasteiger partial charge in [-0.3, -0.25) is 4.90 Å². The lowest BCUT2D eigenvalue weighted by Gasteiger charge is -2.36. The summed E-state index contributed by atoms with van der Waals surface area (Å²) in [4.78, 5) is 2.69. The van der Waals surface area contributed by atoms with Gasteiger partial charge in [-0.2, -0.15) is 0 Å². The SMILES string of the molecule is CCC(CC)N(CCBr)CC1CCC1. The van der Waals surface area contributed by atoms with Crippen molar-refractivity contribution >= 4 is 15.9 Å². The minimum Gasteiger partial charge on any atom is -0.299 e. The average molecular weight is 262 g/mol. The Kier molecular flexibility index (Phi) is 6.11. The van der Waals surface area contributed by atoms with E-state index in [1.807, 2.05) is 0 Å². The van der Waals surface area contributed by atoms with E-state index in [1.54, 1.807) is 0 Å². The van der Waals surface area contributed by atoms with Crippen LogP contribution in [0.3, 0.4) is 0 Å². The average Bonchev–Trinajstić information content (AvgIpc) is 2.13. The summed E-state index contributed by atoms with van der Waals surface area (Å²) in [5.41, 5.74) is 0. The lowest BCUT2D eigenvalue weighted by atomic mass is 9.84. The highest BCUT2D eigenvalue weighted by atomic mass is 79.9. The van der Waals surface area contributed by atoms with Crippen LogP contribution in [0, 0.1) is 5.92 Å². The van der Waals surface area contributed by atoms with E-state index in [0.29, 0.717) is 0 Å². The molecule has 0 N–H and O–H groups in total. The molecule has 84 valence electrons. The molecule has 0 radical (unpaired) electrons. The normalized spacial score (nSPS) is 17.8. The van der Waals surface area contributed by atoms with Crippen LogP contribution >= 0.6 is 15.9 Å². The minimum absolute atomic E-state index is 0.813. The smallest absolute Gasteiger partial charge is 0.0159 e. The quantitative estimate of drug-likeness (QED) is 0.633. The topological polar surface area (TPSA) is 3.24 Å². The number of rotatable bonds is 7. The van der Waals surface area contributed by atoms with E-state index in [1.165, 1.54) is 45.2 Å². The molecule has 14 heavy (non-hydrogen) atoms. The molecule has 2 heteroatoms. The molecule has 0 heterocycles. The third-order valence-corrected chi connectivity index (χ3v) is 3.90. The summed E-state index contributed by atoms with van der Waals surface area (Å²) >= 11 is 3.56. The Labute approximate surface area is 97.4 Å². The van der Waals surface area contributed by atoms with Gasteiger partial charge in [0.1, 0.15) is 0 Å². The Morgan fingerprint density at radius 1 is 1.29 bits per heavy atom. The molecule has 0 aromatic carbocycles. The molecule has 1 saturated carbocycles. The van der Waals surface area contributed by atoms with Crippen molar-refractivity contribution in [2.24, 2.45) is 5.92 Å². The summed E-state index contributed by atoms with van der Waals surface area (Å²) in [6, 6.07) is 0.813. The zero-order valence-electron chi connectivity index (χ0n) is 9.64. The monoisotopic (exact) mass is 261 g/mol. The van der Waals surface area contributed by atoms with Crippen LogP contribution in [0.5, 0.6) is 0 Å². The van der Waals surface area contributed by atoms with E-state index in [9.17, 15) is 0 Å². The van der Waals surface area contributed by atoms with Gasteiger partial charge in [0.2, 0.25) is 0 Å². The van der Waals surface area contributed by atoms with Crippen molar-refractivity contribution in [3.8, 4) is 0 Å². The first-order valence-electron chi connectivity index (χ1n) is 6.11. The molecule has 0 saturated heterocycles. The molecule has 0 unspecified atom stereocenters. The van der Waals surface area contributed by atoms with Gasteiger partial charge in [0.05, 0.1) is 0 Å². The second-order valence-corrected chi connectivity index (χ2v) is 5.24. The third-order valence-electron chi connectivity index (χ3n) is 3.55. The number of halogens is 1. The Balaban J connectivity index is 2.34. The fourth-order valence-corrected chi connectivity index (χ4v) is 2.80. The van der Waals surface area contributed by atoms with E-state index in [-0.39, 0.29) is 0 Å². The van der Waals surface area contributed by atoms with Crippen molar-refractivity contribution in [1.82, 2.24) is 4.90 Å². The first kappa shape index (κ1) is 12.5. The van der Waals surface area contributed by atoms with E-state index < -0.39 is 0 Å². The van der Waals surface area contributed by atoms with Crippen molar-refractivity contribution < 1.29 is 0 Å². The number of nitrogens with zero attached hydrogens (tertiary/aromatic N) is 1. The van der Waals surface area contributed by atoms with Crippen LogP contribution in [-0.2, 0) is 0 Å². The highest BCUT2D eigenvalue weighted by molar-refractivity contribution is 9.09. The van der Waals surface area contributed by atoms with Crippen LogP contribution < -0.4 is 0 Å².